The average Bonchev–Trinajstić information content (AvgIpc) is 2.80. The number of rotatable bonds is 15. The molecule has 0 aliphatic heterocycles. The second-order valence-corrected chi connectivity index (χ2v) is 8.31. The normalized spacial score (nSPS) is 13.9. The number of hydrogen-bond acceptors (Lipinski definition) is 2. The SMILES string of the molecule is CCCCCCCCC(CCC)(OC)C(OCC)(c1ccccc1)c1ccccc1. The molecule has 2 heteroatoms. The van der Waals surface area contributed by atoms with Gasteiger partial charge in [-0.2, -0.15) is 0 Å². The Morgan fingerprint density at radius 2 is 1.17 bits per heavy atom. The zero-order valence-corrected chi connectivity index (χ0v) is 19.7. The van der Waals surface area contributed by atoms with E-state index in [1.807, 2.05) is 7.11 Å². The van der Waals surface area contributed by atoms with Gasteiger partial charge in [0.1, 0.15) is 11.2 Å². The predicted octanol–water partition coefficient (Wildman–Crippen LogP) is 7.90. The van der Waals surface area contributed by atoms with E-state index in [9.17, 15) is 0 Å². The van der Waals surface area contributed by atoms with Gasteiger partial charge >= 0.3 is 0 Å². The molecule has 2 aromatic rings. The molecule has 0 N–H and O–H groups in total. The summed E-state index contributed by atoms with van der Waals surface area (Å²) in [5.41, 5.74) is 1.32. The Hall–Kier alpha value is -1.64. The average molecular weight is 411 g/mol. The van der Waals surface area contributed by atoms with Gasteiger partial charge in [-0.3, -0.25) is 0 Å². The van der Waals surface area contributed by atoms with Crippen molar-refractivity contribution in [2.75, 3.05) is 13.7 Å². The molecule has 2 nitrogen and oxygen atoms in total. The maximum Gasteiger partial charge on any atom is 0.147 e. The molecule has 0 heterocycles. The Kier molecular flexibility index (Phi) is 10.6. The molecule has 1 unspecified atom stereocenters. The first kappa shape index (κ1) is 24.6. The zero-order chi connectivity index (χ0) is 21.7. The van der Waals surface area contributed by atoms with Gasteiger partial charge in [0, 0.05) is 13.7 Å². The van der Waals surface area contributed by atoms with Gasteiger partial charge in [-0.15, -0.1) is 0 Å². The van der Waals surface area contributed by atoms with Gasteiger partial charge in [0.2, 0.25) is 0 Å². The van der Waals surface area contributed by atoms with Crippen LogP contribution in [-0.2, 0) is 15.1 Å². The molecule has 0 aliphatic carbocycles. The Bertz CT molecular complexity index is 643. The summed E-state index contributed by atoms with van der Waals surface area (Å²) < 4.78 is 13.3. The Morgan fingerprint density at radius 1 is 0.633 bits per heavy atom. The summed E-state index contributed by atoms with van der Waals surface area (Å²) in [7, 11) is 1.88. The number of ether oxygens (including phenoxy) is 2. The lowest BCUT2D eigenvalue weighted by Crippen LogP contribution is -2.55. The van der Waals surface area contributed by atoms with Crippen LogP contribution < -0.4 is 0 Å². The van der Waals surface area contributed by atoms with Crippen LogP contribution in [0.25, 0.3) is 0 Å². The maximum atomic E-state index is 6.78. The van der Waals surface area contributed by atoms with Crippen molar-refractivity contribution in [1.29, 1.82) is 0 Å². The first-order chi connectivity index (χ1) is 14.7. The molecule has 0 amide bonds. The number of methoxy groups -OCH3 is 1. The highest BCUT2D eigenvalue weighted by molar-refractivity contribution is 5.41. The fourth-order valence-corrected chi connectivity index (χ4v) is 4.97. The molecule has 30 heavy (non-hydrogen) atoms. The molecule has 2 aromatic carbocycles. The molecule has 0 radical (unpaired) electrons. The van der Waals surface area contributed by atoms with E-state index in [1.54, 1.807) is 0 Å². The highest BCUT2D eigenvalue weighted by Gasteiger charge is 2.54. The van der Waals surface area contributed by atoms with Crippen LogP contribution in [0, 0.1) is 0 Å². The lowest BCUT2D eigenvalue weighted by Gasteiger charge is -2.50. The van der Waals surface area contributed by atoms with Crippen LogP contribution in [0.2, 0.25) is 0 Å². The van der Waals surface area contributed by atoms with E-state index in [2.05, 4.69) is 81.4 Å². The van der Waals surface area contributed by atoms with E-state index in [0.717, 1.165) is 25.7 Å². The molecule has 166 valence electrons. The van der Waals surface area contributed by atoms with Crippen molar-refractivity contribution in [3.8, 4) is 0 Å². The standard InChI is InChI=1S/C28H42O2/c1-5-8-9-10-11-18-24-27(29-4,23-6-2)28(30-7-3,25-19-14-12-15-20-25)26-21-16-13-17-22-26/h12-17,19-22H,5-11,18,23-24H2,1-4H3. The largest absolute Gasteiger partial charge is 0.374 e. The van der Waals surface area contributed by atoms with Gasteiger partial charge in [0.15, 0.2) is 0 Å². The Labute approximate surface area is 185 Å². The molecular weight excluding hydrogens is 368 g/mol. The highest BCUT2D eigenvalue weighted by atomic mass is 16.6. The lowest BCUT2D eigenvalue weighted by atomic mass is 9.68. The van der Waals surface area contributed by atoms with Crippen molar-refractivity contribution >= 4 is 0 Å². The highest BCUT2D eigenvalue weighted by Crippen LogP contribution is 2.49. The van der Waals surface area contributed by atoms with Crippen LogP contribution in [0.1, 0.15) is 89.7 Å². The quantitative estimate of drug-likeness (QED) is 0.278. The minimum Gasteiger partial charge on any atom is -0.374 e. The van der Waals surface area contributed by atoms with Gasteiger partial charge < -0.3 is 9.47 Å². The third-order valence-corrected chi connectivity index (χ3v) is 6.34. The minimum absolute atomic E-state index is 0.411. The second kappa shape index (κ2) is 12.9. The summed E-state index contributed by atoms with van der Waals surface area (Å²) in [6.45, 7) is 7.25. The third-order valence-electron chi connectivity index (χ3n) is 6.34. The summed E-state index contributed by atoms with van der Waals surface area (Å²) in [6.07, 6.45) is 10.7. The van der Waals surface area contributed by atoms with Crippen LogP contribution in [0.3, 0.4) is 0 Å². The van der Waals surface area contributed by atoms with Crippen LogP contribution in [0.5, 0.6) is 0 Å². The zero-order valence-electron chi connectivity index (χ0n) is 19.7. The number of benzene rings is 2. The van der Waals surface area contributed by atoms with Crippen LogP contribution in [-0.4, -0.2) is 19.3 Å². The van der Waals surface area contributed by atoms with Crippen molar-refractivity contribution in [2.24, 2.45) is 0 Å². The molecule has 0 bridgehead atoms. The fourth-order valence-electron chi connectivity index (χ4n) is 4.97. The van der Waals surface area contributed by atoms with E-state index in [1.165, 1.54) is 43.2 Å². The van der Waals surface area contributed by atoms with Crippen molar-refractivity contribution in [1.82, 2.24) is 0 Å². The van der Waals surface area contributed by atoms with Crippen molar-refractivity contribution in [3.05, 3.63) is 71.8 Å². The molecule has 0 saturated carbocycles. The van der Waals surface area contributed by atoms with E-state index in [0.29, 0.717) is 6.61 Å². The minimum atomic E-state index is -0.627. The van der Waals surface area contributed by atoms with E-state index < -0.39 is 11.2 Å². The second-order valence-electron chi connectivity index (χ2n) is 8.31. The van der Waals surface area contributed by atoms with Crippen LogP contribution >= 0.6 is 0 Å². The van der Waals surface area contributed by atoms with Gasteiger partial charge in [-0.05, 0) is 30.9 Å². The molecular formula is C28H42O2. The van der Waals surface area contributed by atoms with Crippen molar-refractivity contribution in [2.45, 2.75) is 89.8 Å². The summed E-state index contributed by atoms with van der Waals surface area (Å²) in [4.78, 5) is 0. The molecule has 0 fully saturated rings. The lowest BCUT2D eigenvalue weighted by molar-refractivity contribution is -0.190. The summed E-state index contributed by atoms with van der Waals surface area (Å²) in [5.74, 6) is 0. The number of hydrogen-bond donors (Lipinski definition) is 0. The molecule has 0 aliphatic rings. The van der Waals surface area contributed by atoms with Gasteiger partial charge in [0.25, 0.3) is 0 Å². The van der Waals surface area contributed by atoms with Crippen molar-refractivity contribution in [3.63, 3.8) is 0 Å². The summed E-state index contributed by atoms with van der Waals surface area (Å²) in [6, 6.07) is 21.4. The van der Waals surface area contributed by atoms with Gasteiger partial charge in [-0.25, -0.2) is 0 Å². The summed E-state index contributed by atoms with van der Waals surface area (Å²) in [5, 5.41) is 0. The molecule has 0 saturated heterocycles. The van der Waals surface area contributed by atoms with E-state index in [4.69, 9.17) is 9.47 Å². The van der Waals surface area contributed by atoms with E-state index >= 15 is 0 Å². The number of unbranched alkanes of at least 4 members (excludes halogenated alkanes) is 5. The molecule has 2 rings (SSSR count). The molecule has 0 aromatic heterocycles. The maximum absolute atomic E-state index is 6.78. The summed E-state index contributed by atoms with van der Waals surface area (Å²) >= 11 is 0. The first-order valence-electron chi connectivity index (χ1n) is 12.0. The molecule has 1 atom stereocenters. The third kappa shape index (κ3) is 5.53. The predicted molar refractivity (Wildman–Crippen MR) is 128 cm³/mol. The monoisotopic (exact) mass is 410 g/mol. The Morgan fingerprint density at radius 3 is 1.63 bits per heavy atom. The van der Waals surface area contributed by atoms with Gasteiger partial charge in [0.05, 0.1) is 0 Å². The van der Waals surface area contributed by atoms with Crippen molar-refractivity contribution < 1.29 is 9.47 Å². The van der Waals surface area contributed by atoms with E-state index in [-0.39, 0.29) is 0 Å². The molecule has 0 spiro atoms. The van der Waals surface area contributed by atoms with Crippen LogP contribution in [0.15, 0.2) is 60.7 Å². The fraction of sp³-hybridized carbons (Fsp3) is 0.571. The smallest absolute Gasteiger partial charge is 0.147 e. The topological polar surface area (TPSA) is 18.5 Å². The first-order valence-corrected chi connectivity index (χ1v) is 12.0. The van der Waals surface area contributed by atoms with Crippen LogP contribution in [0.4, 0.5) is 0 Å². The Balaban J connectivity index is 2.52. The van der Waals surface area contributed by atoms with Gasteiger partial charge in [-0.1, -0.05) is 119 Å².